The third-order valence-electron chi connectivity index (χ3n) is 3.74. The summed E-state index contributed by atoms with van der Waals surface area (Å²) in [6.45, 7) is 0.306. The maximum absolute atomic E-state index is 11.7. The fourth-order valence-electron chi connectivity index (χ4n) is 2.43. The number of nitrogens with zero attached hydrogens (tertiary/aromatic N) is 2. The number of thioether (sulfide) groups is 1. The number of amides is 1. The van der Waals surface area contributed by atoms with Crippen LogP contribution in [0.4, 0.5) is 0 Å². The first-order valence-electron chi connectivity index (χ1n) is 8.38. The maximum Gasteiger partial charge on any atom is 0.305 e. The van der Waals surface area contributed by atoms with Gasteiger partial charge in [-0.2, -0.15) is 5.10 Å². The molecule has 1 saturated heterocycles. The van der Waals surface area contributed by atoms with E-state index in [1.165, 1.54) is 6.21 Å². The van der Waals surface area contributed by atoms with E-state index in [-0.39, 0.29) is 11.6 Å². The van der Waals surface area contributed by atoms with Gasteiger partial charge in [-0.1, -0.05) is 47.1 Å². The molecule has 10 heteroatoms. The molecule has 29 heavy (non-hydrogen) atoms. The molecular formula is C19H15Cl2N3O4S. The van der Waals surface area contributed by atoms with Crippen LogP contribution in [0.2, 0.25) is 10.0 Å². The number of benzene rings is 2. The number of rotatable bonds is 7. The van der Waals surface area contributed by atoms with Crippen LogP contribution in [0, 0.1) is 0 Å². The van der Waals surface area contributed by atoms with Crippen LogP contribution in [0.1, 0.15) is 17.5 Å². The van der Waals surface area contributed by atoms with Crippen molar-refractivity contribution in [1.29, 1.82) is 0 Å². The highest BCUT2D eigenvalue weighted by Gasteiger charge is 2.32. The highest BCUT2D eigenvalue weighted by molar-refractivity contribution is 8.15. The summed E-state index contributed by atoms with van der Waals surface area (Å²) in [5.41, 5.74) is 1.51. The fraction of sp³-hybridized carbons (Fsp3) is 0.158. The van der Waals surface area contributed by atoms with E-state index in [0.717, 1.165) is 17.3 Å². The Labute approximate surface area is 180 Å². The maximum atomic E-state index is 11.7. The lowest BCUT2D eigenvalue weighted by Gasteiger charge is -2.09. The monoisotopic (exact) mass is 451 g/mol. The molecule has 1 amide bonds. The molecule has 2 aromatic carbocycles. The number of hydrogen-bond donors (Lipinski definition) is 2. The minimum atomic E-state index is -1.05. The first kappa shape index (κ1) is 21.2. The van der Waals surface area contributed by atoms with E-state index in [9.17, 15) is 9.59 Å². The topological polar surface area (TPSA) is 100 Å². The molecule has 0 aromatic heterocycles. The number of nitrogens with one attached hydrogen (secondary N) is 1. The third-order valence-corrected chi connectivity index (χ3v) is 5.28. The predicted octanol–water partition coefficient (Wildman–Crippen LogP) is 3.97. The van der Waals surface area contributed by atoms with Gasteiger partial charge in [0, 0.05) is 15.6 Å². The van der Waals surface area contributed by atoms with Gasteiger partial charge < -0.3 is 15.2 Å². The number of carboxylic acid groups (broad SMARTS) is 1. The summed E-state index contributed by atoms with van der Waals surface area (Å²) < 4.78 is 5.84. The highest BCUT2D eigenvalue weighted by Crippen LogP contribution is 2.24. The lowest BCUT2D eigenvalue weighted by atomic mass is 10.2. The van der Waals surface area contributed by atoms with Crippen LogP contribution in [0.25, 0.3) is 0 Å². The predicted molar refractivity (Wildman–Crippen MR) is 114 cm³/mol. The van der Waals surface area contributed by atoms with Gasteiger partial charge in [-0.05, 0) is 35.9 Å². The molecule has 0 aliphatic carbocycles. The number of carboxylic acids is 1. The average Bonchev–Trinajstić information content (AvgIpc) is 3.00. The van der Waals surface area contributed by atoms with Crippen LogP contribution >= 0.6 is 35.0 Å². The summed E-state index contributed by atoms with van der Waals surface area (Å²) >= 11 is 13.1. The van der Waals surface area contributed by atoms with Gasteiger partial charge in [0.1, 0.15) is 17.6 Å². The summed E-state index contributed by atoms with van der Waals surface area (Å²) in [6, 6.07) is 12.4. The summed E-state index contributed by atoms with van der Waals surface area (Å²) in [5, 5.41) is 19.8. The van der Waals surface area contributed by atoms with E-state index >= 15 is 0 Å². The molecule has 1 heterocycles. The normalized spacial score (nSPS) is 17.7. The Morgan fingerprint density at radius 1 is 1.24 bits per heavy atom. The zero-order valence-corrected chi connectivity index (χ0v) is 17.2. The number of ether oxygens (including phenoxy) is 1. The number of hydrogen-bond acceptors (Lipinski definition) is 6. The van der Waals surface area contributed by atoms with Crippen molar-refractivity contribution in [3.05, 3.63) is 63.6 Å². The zero-order valence-electron chi connectivity index (χ0n) is 14.8. The van der Waals surface area contributed by atoms with Gasteiger partial charge in [0.25, 0.3) is 0 Å². The van der Waals surface area contributed by atoms with E-state index in [4.69, 9.17) is 33.0 Å². The lowest BCUT2D eigenvalue weighted by Crippen LogP contribution is -2.26. The summed E-state index contributed by atoms with van der Waals surface area (Å²) in [5.74, 6) is -0.910. The van der Waals surface area contributed by atoms with Crippen LogP contribution in [0.5, 0.6) is 5.75 Å². The number of carbonyl (C=O) groups excluding carboxylic acids is 1. The highest BCUT2D eigenvalue weighted by atomic mass is 35.5. The Morgan fingerprint density at radius 3 is 2.79 bits per heavy atom. The van der Waals surface area contributed by atoms with E-state index in [2.05, 4.69) is 15.5 Å². The SMILES string of the molecule is O=C(O)CC1SC(=NN=Cc2cc(Cl)ccc2OCc2cccc(Cl)c2)NC1=O. The molecule has 1 atom stereocenters. The van der Waals surface area contributed by atoms with Crippen molar-refractivity contribution in [3.8, 4) is 5.75 Å². The smallest absolute Gasteiger partial charge is 0.305 e. The molecule has 1 unspecified atom stereocenters. The Balaban J connectivity index is 1.69. The first-order valence-corrected chi connectivity index (χ1v) is 10.0. The minimum Gasteiger partial charge on any atom is -0.488 e. The van der Waals surface area contributed by atoms with Crippen LogP contribution in [-0.4, -0.2) is 33.6 Å². The third kappa shape index (κ3) is 6.22. The van der Waals surface area contributed by atoms with E-state index < -0.39 is 17.1 Å². The van der Waals surface area contributed by atoms with E-state index in [1.807, 2.05) is 18.2 Å². The average molecular weight is 452 g/mol. The van der Waals surface area contributed by atoms with E-state index in [0.29, 0.717) is 28.0 Å². The van der Waals surface area contributed by atoms with Gasteiger partial charge in [-0.15, -0.1) is 5.10 Å². The van der Waals surface area contributed by atoms with Crippen molar-refractivity contribution in [2.75, 3.05) is 0 Å². The molecule has 0 bridgehead atoms. The van der Waals surface area contributed by atoms with Gasteiger partial charge in [0.05, 0.1) is 12.6 Å². The summed E-state index contributed by atoms with van der Waals surface area (Å²) in [7, 11) is 0. The standard InChI is InChI=1S/C19H15Cl2N3O4S/c20-13-3-1-2-11(6-13)10-28-15-5-4-14(21)7-12(15)9-22-24-19-23-18(27)16(29-19)8-17(25)26/h1-7,9,16H,8,10H2,(H,25,26)(H,23,24,27). The zero-order chi connectivity index (χ0) is 20.8. The van der Waals surface area contributed by atoms with Gasteiger partial charge in [0.15, 0.2) is 5.17 Å². The van der Waals surface area contributed by atoms with E-state index in [1.54, 1.807) is 24.3 Å². The molecule has 2 aromatic rings. The fourth-order valence-corrected chi connectivity index (χ4v) is 3.74. The Morgan fingerprint density at radius 2 is 2.03 bits per heavy atom. The Bertz CT molecular complexity index is 997. The second-order valence-corrected chi connectivity index (χ2v) is 8.01. The molecule has 3 rings (SSSR count). The number of aliphatic carboxylic acids is 1. The van der Waals surface area contributed by atoms with Crippen LogP contribution in [0.3, 0.4) is 0 Å². The van der Waals surface area contributed by atoms with Gasteiger partial charge in [-0.3, -0.25) is 9.59 Å². The molecular weight excluding hydrogens is 437 g/mol. The quantitative estimate of drug-likeness (QED) is 0.489. The van der Waals surface area contributed by atoms with Gasteiger partial charge in [0.2, 0.25) is 5.91 Å². The van der Waals surface area contributed by atoms with Crippen molar-refractivity contribution in [2.45, 2.75) is 18.3 Å². The van der Waals surface area contributed by atoms with Gasteiger partial charge >= 0.3 is 5.97 Å². The first-order chi connectivity index (χ1) is 13.9. The second kappa shape index (κ2) is 9.78. The minimum absolute atomic E-state index is 0.237. The molecule has 1 aliphatic rings. The summed E-state index contributed by atoms with van der Waals surface area (Å²) in [6.07, 6.45) is 1.17. The number of halogens is 2. The summed E-state index contributed by atoms with van der Waals surface area (Å²) in [4.78, 5) is 22.5. The van der Waals surface area contributed by atoms with Gasteiger partial charge in [-0.25, -0.2) is 0 Å². The van der Waals surface area contributed by atoms with Crippen molar-refractivity contribution in [3.63, 3.8) is 0 Å². The molecule has 1 aliphatic heterocycles. The van der Waals surface area contributed by atoms with Crippen LogP contribution < -0.4 is 10.1 Å². The van der Waals surface area contributed by atoms with Crippen molar-refractivity contribution in [1.82, 2.24) is 5.32 Å². The largest absolute Gasteiger partial charge is 0.488 e. The van der Waals surface area contributed by atoms with Crippen LogP contribution in [-0.2, 0) is 16.2 Å². The van der Waals surface area contributed by atoms with Crippen molar-refractivity contribution >= 4 is 58.2 Å². The molecule has 2 N–H and O–H groups in total. The van der Waals surface area contributed by atoms with Crippen molar-refractivity contribution < 1.29 is 19.4 Å². The number of carbonyl (C=O) groups is 2. The Kier molecular flexibility index (Phi) is 7.13. The molecule has 0 radical (unpaired) electrons. The molecule has 0 saturated carbocycles. The molecule has 150 valence electrons. The van der Waals surface area contributed by atoms with Crippen molar-refractivity contribution in [2.24, 2.45) is 10.2 Å². The second-order valence-electron chi connectivity index (χ2n) is 5.94. The molecule has 7 nitrogen and oxygen atoms in total. The lowest BCUT2D eigenvalue weighted by molar-refractivity contribution is -0.138. The number of amidine groups is 1. The Hall–Kier alpha value is -2.55. The molecule has 0 spiro atoms. The molecule has 1 fully saturated rings. The van der Waals surface area contributed by atoms with Crippen LogP contribution in [0.15, 0.2) is 52.7 Å².